The lowest BCUT2D eigenvalue weighted by atomic mass is 10.1. The number of rotatable bonds is 6. The van der Waals surface area contributed by atoms with E-state index in [0.29, 0.717) is 12.1 Å². The zero-order chi connectivity index (χ0) is 23.6. The van der Waals surface area contributed by atoms with Gasteiger partial charge in [-0.15, -0.1) is 0 Å². The van der Waals surface area contributed by atoms with Gasteiger partial charge in [-0.3, -0.25) is 4.79 Å². The van der Waals surface area contributed by atoms with Gasteiger partial charge in [0.15, 0.2) is 5.78 Å². The molecule has 0 unspecified atom stereocenters. The zero-order valence-electron chi connectivity index (χ0n) is 19.2. The number of hydrazine groups is 1. The molecule has 3 aromatic carbocycles. The summed E-state index contributed by atoms with van der Waals surface area (Å²) in [5.41, 5.74) is 3.43. The van der Waals surface area contributed by atoms with E-state index in [1.165, 1.54) is 21.8 Å². The highest BCUT2D eigenvalue weighted by Gasteiger charge is 2.20. The SMILES string of the molecule is CC(C)(C)OC(=O)N(N)CCC(=O)c1ccc(Cn2c3ccccc3c3ccccc32)cc1. The van der Waals surface area contributed by atoms with Gasteiger partial charge in [-0.2, -0.15) is 0 Å². The van der Waals surface area contributed by atoms with Crippen molar-refractivity contribution in [2.45, 2.75) is 39.3 Å². The van der Waals surface area contributed by atoms with Crippen LogP contribution in [0.1, 0.15) is 43.1 Å². The number of benzene rings is 3. The largest absolute Gasteiger partial charge is 0.443 e. The number of aromatic nitrogens is 1. The fraction of sp³-hybridized carbons (Fsp3) is 0.259. The number of para-hydroxylation sites is 2. The smallest absolute Gasteiger partial charge is 0.424 e. The Balaban J connectivity index is 1.45. The lowest BCUT2D eigenvalue weighted by Gasteiger charge is -2.24. The van der Waals surface area contributed by atoms with Gasteiger partial charge in [0, 0.05) is 46.9 Å². The fourth-order valence-electron chi connectivity index (χ4n) is 3.93. The first-order chi connectivity index (χ1) is 15.7. The van der Waals surface area contributed by atoms with Crippen LogP contribution in [0.3, 0.4) is 0 Å². The first kappa shape index (κ1) is 22.6. The predicted molar refractivity (Wildman–Crippen MR) is 131 cm³/mol. The molecule has 2 N–H and O–H groups in total. The molecular formula is C27H29N3O3. The normalized spacial score (nSPS) is 11.6. The molecule has 0 atom stereocenters. The second-order valence-corrected chi connectivity index (χ2v) is 9.16. The Bertz CT molecular complexity index is 1250. The van der Waals surface area contributed by atoms with Gasteiger partial charge in [-0.25, -0.2) is 15.6 Å². The van der Waals surface area contributed by atoms with Crippen LogP contribution in [0.25, 0.3) is 21.8 Å². The summed E-state index contributed by atoms with van der Waals surface area (Å²) >= 11 is 0. The number of Topliss-reactive ketones (excluding diaryl/α,β-unsaturated/α-hetero) is 1. The van der Waals surface area contributed by atoms with Crippen LogP contribution in [0, 0.1) is 0 Å². The summed E-state index contributed by atoms with van der Waals surface area (Å²) in [7, 11) is 0. The third-order valence-electron chi connectivity index (χ3n) is 5.50. The van der Waals surface area contributed by atoms with Crippen LogP contribution in [-0.2, 0) is 11.3 Å². The highest BCUT2D eigenvalue weighted by molar-refractivity contribution is 6.08. The van der Waals surface area contributed by atoms with Crippen LogP contribution in [0.15, 0.2) is 72.8 Å². The summed E-state index contributed by atoms with van der Waals surface area (Å²) in [6, 6.07) is 24.4. The number of hydrogen-bond acceptors (Lipinski definition) is 4. The minimum atomic E-state index is -0.642. The molecule has 1 heterocycles. The number of nitrogens with two attached hydrogens (primary N) is 1. The van der Waals surface area contributed by atoms with Crippen molar-refractivity contribution in [2.75, 3.05) is 6.54 Å². The highest BCUT2D eigenvalue weighted by atomic mass is 16.6. The number of carbonyl (C=O) groups excluding carboxylic acids is 2. The van der Waals surface area contributed by atoms with Crippen LogP contribution < -0.4 is 5.84 Å². The predicted octanol–water partition coefficient (Wildman–Crippen LogP) is 5.53. The van der Waals surface area contributed by atoms with E-state index in [0.717, 1.165) is 10.6 Å². The molecule has 0 aliphatic rings. The molecule has 0 saturated carbocycles. The standard InChI is InChI=1S/C27H29N3O3/c1-27(2,3)33-26(32)30(28)17-16-25(31)20-14-12-19(13-15-20)18-29-23-10-6-4-8-21(23)22-9-5-7-11-24(22)29/h4-15H,16-18,28H2,1-3H3. The Morgan fingerprint density at radius 1 is 0.879 bits per heavy atom. The van der Waals surface area contributed by atoms with Gasteiger partial charge >= 0.3 is 6.09 Å². The van der Waals surface area contributed by atoms with Crippen LogP contribution in [0.2, 0.25) is 0 Å². The lowest BCUT2D eigenvalue weighted by Crippen LogP contribution is -2.42. The van der Waals surface area contributed by atoms with Crippen molar-refractivity contribution in [3.63, 3.8) is 0 Å². The molecule has 33 heavy (non-hydrogen) atoms. The average molecular weight is 444 g/mol. The Labute approximate surface area is 193 Å². The molecule has 0 bridgehead atoms. The zero-order valence-corrected chi connectivity index (χ0v) is 19.2. The topological polar surface area (TPSA) is 77.6 Å². The van der Waals surface area contributed by atoms with Crippen molar-refractivity contribution in [3.8, 4) is 0 Å². The molecule has 6 heteroatoms. The minimum Gasteiger partial charge on any atom is -0.443 e. The maximum Gasteiger partial charge on any atom is 0.424 e. The second kappa shape index (κ2) is 9.08. The monoisotopic (exact) mass is 443 g/mol. The van der Waals surface area contributed by atoms with Gasteiger partial charge in [-0.1, -0.05) is 60.7 Å². The molecule has 1 aromatic heterocycles. The quantitative estimate of drug-likeness (QED) is 0.184. The molecular weight excluding hydrogens is 414 g/mol. The number of hydrogen-bond donors (Lipinski definition) is 1. The van der Waals surface area contributed by atoms with Crippen molar-refractivity contribution in [1.29, 1.82) is 0 Å². The van der Waals surface area contributed by atoms with Gasteiger partial charge in [0.25, 0.3) is 0 Å². The van der Waals surface area contributed by atoms with Gasteiger partial charge < -0.3 is 9.30 Å². The maximum atomic E-state index is 12.6. The Morgan fingerprint density at radius 3 is 1.97 bits per heavy atom. The lowest BCUT2D eigenvalue weighted by molar-refractivity contribution is 0.0247. The van der Waals surface area contributed by atoms with Crippen LogP contribution in [0.4, 0.5) is 4.79 Å². The van der Waals surface area contributed by atoms with E-state index in [2.05, 4.69) is 53.1 Å². The molecule has 6 nitrogen and oxygen atoms in total. The fourth-order valence-corrected chi connectivity index (χ4v) is 3.93. The van der Waals surface area contributed by atoms with Crippen molar-refractivity contribution in [2.24, 2.45) is 5.84 Å². The second-order valence-electron chi connectivity index (χ2n) is 9.16. The molecule has 4 aromatic rings. The number of ketones is 1. The van der Waals surface area contributed by atoms with Gasteiger partial charge in [0.2, 0.25) is 0 Å². The van der Waals surface area contributed by atoms with E-state index in [4.69, 9.17) is 10.6 Å². The number of carbonyl (C=O) groups is 2. The summed E-state index contributed by atoms with van der Waals surface area (Å²) < 4.78 is 7.51. The van der Waals surface area contributed by atoms with Crippen molar-refractivity contribution in [1.82, 2.24) is 9.58 Å². The molecule has 170 valence electrons. The van der Waals surface area contributed by atoms with Crippen LogP contribution in [0.5, 0.6) is 0 Å². The molecule has 4 rings (SSSR count). The molecule has 0 aliphatic carbocycles. The maximum absolute atomic E-state index is 12.6. The Morgan fingerprint density at radius 2 is 1.42 bits per heavy atom. The van der Waals surface area contributed by atoms with Crippen LogP contribution >= 0.6 is 0 Å². The third kappa shape index (κ3) is 5.07. The molecule has 0 aliphatic heterocycles. The summed E-state index contributed by atoms with van der Waals surface area (Å²) in [4.78, 5) is 24.6. The van der Waals surface area contributed by atoms with Gasteiger partial charge in [0.1, 0.15) is 5.60 Å². The van der Waals surface area contributed by atoms with E-state index in [-0.39, 0.29) is 18.7 Å². The Hall–Kier alpha value is -3.64. The first-order valence-corrected chi connectivity index (χ1v) is 11.1. The van der Waals surface area contributed by atoms with Crippen molar-refractivity contribution < 1.29 is 14.3 Å². The van der Waals surface area contributed by atoms with E-state index >= 15 is 0 Å². The van der Waals surface area contributed by atoms with E-state index in [1.807, 2.05) is 24.3 Å². The number of nitrogens with zero attached hydrogens (tertiary/aromatic N) is 2. The first-order valence-electron chi connectivity index (χ1n) is 11.1. The summed E-state index contributed by atoms with van der Waals surface area (Å²) in [6.07, 6.45) is -0.515. The van der Waals surface area contributed by atoms with E-state index in [9.17, 15) is 9.59 Å². The van der Waals surface area contributed by atoms with Gasteiger partial charge in [0.05, 0.1) is 0 Å². The number of fused-ring (bicyclic) bond motifs is 3. The third-order valence-corrected chi connectivity index (χ3v) is 5.50. The van der Waals surface area contributed by atoms with Crippen molar-refractivity contribution in [3.05, 3.63) is 83.9 Å². The average Bonchev–Trinajstić information content (AvgIpc) is 3.10. The van der Waals surface area contributed by atoms with Crippen LogP contribution in [-0.4, -0.2) is 33.6 Å². The summed E-state index contributed by atoms with van der Waals surface area (Å²) in [5.74, 6) is 5.67. The minimum absolute atomic E-state index is 0.0718. The summed E-state index contributed by atoms with van der Waals surface area (Å²) in [6.45, 7) is 6.11. The Kier molecular flexibility index (Phi) is 6.20. The molecule has 0 radical (unpaired) electrons. The van der Waals surface area contributed by atoms with Gasteiger partial charge in [-0.05, 0) is 38.5 Å². The molecule has 1 amide bonds. The molecule has 0 spiro atoms. The molecule has 0 fully saturated rings. The highest BCUT2D eigenvalue weighted by Crippen LogP contribution is 2.29. The van der Waals surface area contributed by atoms with E-state index in [1.54, 1.807) is 20.8 Å². The van der Waals surface area contributed by atoms with Crippen molar-refractivity contribution >= 4 is 33.7 Å². The van der Waals surface area contributed by atoms with E-state index < -0.39 is 11.7 Å². The number of ether oxygens (including phenoxy) is 1. The summed E-state index contributed by atoms with van der Waals surface area (Å²) in [5, 5.41) is 3.41. The number of amides is 1. The molecule has 0 saturated heterocycles.